The number of carbonyl (C=O) groups is 2. The summed E-state index contributed by atoms with van der Waals surface area (Å²) in [5.74, 6) is -0.917. The van der Waals surface area contributed by atoms with E-state index in [-0.39, 0.29) is 16.5 Å². The number of benzene rings is 1. The first-order valence-corrected chi connectivity index (χ1v) is 5.43. The minimum absolute atomic E-state index is 0.0817. The van der Waals surface area contributed by atoms with E-state index < -0.39 is 12.1 Å². The van der Waals surface area contributed by atoms with Gasteiger partial charge in [0.2, 0.25) is 0 Å². The highest BCUT2D eigenvalue weighted by Gasteiger charge is 2.26. The molecular formula is C11H10ClNO4. The van der Waals surface area contributed by atoms with Crippen LogP contribution in [0.1, 0.15) is 16.8 Å². The number of nitrogens with one attached hydrogen (secondary N) is 1. The summed E-state index contributed by atoms with van der Waals surface area (Å²) in [7, 11) is 0. The molecular weight excluding hydrogens is 246 g/mol. The lowest BCUT2D eigenvalue weighted by Gasteiger charge is -2.12. The van der Waals surface area contributed by atoms with E-state index in [0.717, 1.165) is 0 Å². The highest BCUT2D eigenvalue weighted by atomic mass is 35.5. The standard InChI is InChI=1S/C11H10ClNO4/c12-7-5-6(11(15)16)1-2-8(7)17-9-3-4-13-10(9)14/h1-2,5,9H,3-4H2,(H,13,14)(H,15,16). The van der Waals surface area contributed by atoms with E-state index in [1.54, 1.807) is 0 Å². The highest BCUT2D eigenvalue weighted by Crippen LogP contribution is 2.27. The fraction of sp³-hybridized carbons (Fsp3) is 0.273. The molecule has 1 aliphatic rings. The van der Waals surface area contributed by atoms with Gasteiger partial charge in [0.1, 0.15) is 5.75 Å². The van der Waals surface area contributed by atoms with Gasteiger partial charge >= 0.3 is 5.97 Å². The van der Waals surface area contributed by atoms with Crippen molar-refractivity contribution in [3.63, 3.8) is 0 Å². The third-order valence-corrected chi connectivity index (χ3v) is 2.74. The molecule has 2 N–H and O–H groups in total. The van der Waals surface area contributed by atoms with Crippen LogP contribution in [0, 0.1) is 0 Å². The second kappa shape index (κ2) is 4.63. The first kappa shape index (κ1) is 11.7. The third-order valence-electron chi connectivity index (χ3n) is 2.45. The Bertz CT molecular complexity index is 475. The minimum Gasteiger partial charge on any atom is -0.479 e. The van der Waals surface area contributed by atoms with E-state index in [1.807, 2.05) is 0 Å². The third kappa shape index (κ3) is 2.50. The molecule has 5 nitrogen and oxygen atoms in total. The zero-order valence-electron chi connectivity index (χ0n) is 8.77. The summed E-state index contributed by atoms with van der Waals surface area (Å²) < 4.78 is 5.42. The molecule has 2 rings (SSSR count). The lowest BCUT2D eigenvalue weighted by molar-refractivity contribution is -0.124. The number of carbonyl (C=O) groups excluding carboxylic acids is 1. The van der Waals surface area contributed by atoms with Crippen molar-refractivity contribution in [1.29, 1.82) is 0 Å². The molecule has 0 radical (unpaired) electrons. The second-order valence-electron chi connectivity index (χ2n) is 3.64. The van der Waals surface area contributed by atoms with Crippen molar-refractivity contribution in [2.24, 2.45) is 0 Å². The number of halogens is 1. The van der Waals surface area contributed by atoms with Crippen molar-refractivity contribution >= 4 is 23.5 Å². The molecule has 1 aromatic carbocycles. The van der Waals surface area contributed by atoms with Gasteiger partial charge in [0, 0.05) is 13.0 Å². The van der Waals surface area contributed by atoms with Crippen LogP contribution in [0.15, 0.2) is 18.2 Å². The van der Waals surface area contributed by atoms with Crippen LogP contribution >= 0.6 is 11.6 Å². The summed E-state index contributed by atoms with van der Waals surface area (Å²) >= 11 is 5.88. The van der Waals surface area contributed by atoms with E-state index >= 15 is 0 Å². The Morgan fingerprint density at radius 2 is 2.29 bits per heavy atom. The summed E-state index contributed by atoms with van der Waals surface area (Å²) in [6.07, 6.45) is 0.0266. The molecule has 1 heterocycles. The molecule has 1 unspecified atom stereocenters. The Balaban J connectivity index is 2.16. The Hall–Kier alpha value is -1.75. The van der Waals surface area contributed by atoms with E-state index in [2.05, 4.69) is 5.32 Å². The fourth-order valence-electron chi connectivity index (χ4n) is 1.57. The minimum atomic E-state index is -1.06. The summed E-state index contributed by atoms with van der Waals surface area (Å²) in [4.78, 5) is 22.0. The van der Waals surface area contributed by atoms with Crippen LogP contribution in [-0.2, 0) is 4.79 Å². The quantitative estimate of drug-likeness (QED) is 0.854. The van der Waals surface area contributed by atoms with E-state index in [4.69, 9.17) is 21.4 Å². The summed E-state index contributed by atoms with van der Waals surface area (Å²) in [5, 5.41) is 11.6. The van der Waals surface area contributed by atoms with Crippen molar-refractivity contribution in [1.82, 2.24) is 5.32 Å². The van der Waals surface area contributed by atoms with Gasteiger partial charge in [0.15, 0.2) is 6.10 Å². The second-order valence-corrected chi connectivity index (χ2v) is 4.04. The van der Waals surface area contributed by atoms with Gasteiger partial charge in [-0.3, -0.25) is 4.79 Å². The Morgan fingerprint density at radius 3 is 2.82 bits per heavy atom. The van der Waals surface area contributed by atoms with Crippen molar-refractivity contribution in [3.05, 3.63) is 28.8 Å². The van der Waals surface area contributed by atoms with Crippen molar-refractivity contribution in [2.75, 3.05) is 6.54 Å². The fourth-order valence-corrected chi connectivity index (χ4v) is 1.79. The molecule has 0 bridgehead atoms. The van der Waals surface area contributed by atoms with Crippen LogP contribution in [0.4, 0.5) is 0 Å². The first-order chi connectivity index (χ1) is 8.08. The molecule has 0 aliphatic carbocycles. The molecule has 90 valence electrons. The largest absolute Gasteiger partial charge is 0.479 e. The topological polar surface area (TPSA) is 75.6 Å². The number of hydrogen-bond donors (Lipinski definition) is 2. The summed E-state index contributed by atoms with van der Waals surface area (Å²) in [6, 6.07) is 4.14. The molecule has 17 heavy (non-hydrogen) atoms. The molecule has 1 aromatic rings. The molecule has 0 saturated carbocycles. The van der Waals surface area contributed by atoms with Crippen LogP contribution in [0.25, 0.3) is 0 Å². The zero-order valence-corrected chi connectivity index (χ0v) is 9.53. The lowest BCUT2D eigenvalue weighted by atomic mass is 10.2. The van der Waals surface area contributed by atoms with E-state index in [0.29, 0.717) is 18.7 Å². The maximum Gasteiger partial charge on any atom is 0.335 e. The highest BCUT2D eigenvalue weighted by molar-refractivity contribution is 6.32. The molecule has 1 aliphatic heterocycles. The van der Waals surface area contributed by atoms with Gasteiger partial charge in [-0.15, -0.1) is 0 Å². The van der Waals surface area contributed by atoms with Crippen LogP contribution < -0.4 is 10.1 Å². The molecule has 1 amide bonds. The van der Waals surface area contributed by atoms with Crippen LogP contribution in [0.3, 0.4) is 0 Å². The monoisotopic (exact) mass is 255 g/mol. The van der Waals surface area contributed by atoms with Crippen molar-refractivity contribution in [2.45, 2.75) is 12.5 Å². The van der Waals surface area contributed by atoms with Crippen LogP contribution in [0.2, 0.25) is 5.02 Å². The predicted molar refractivity (Wildman–Crippen MR) is 60.5 cm³/mol. The van der Waals surface area contributed by atoms with Gasteiger partial charge in [-0.05, 0) is 18.2 Å². The number of carboxylic acids is 1. The Kier molecular flexibility index (Phi) is 3.19. The Morgan fingerprint density at radius 1 is 1.53 bits per heavy atom. The number of rotatable bonds is 3. The average Bonchev–Trinajstić information content (AvgIpc) is 2.67. The van der Waals surface area contributed by atoms with Gasteiger partial charge < -0.3 is 15.2 Å². The van der Waals surface area contributed by atoms with Gasteiger partial charge in [-0.2, -0.15) is 0 Å². The smallest absolute Gasteiger partial charge is 0.335 e. The van der Waals surface area contributed by atoms with Crippen molar-refractivity contribution in [3.8, 4) is 5.75 Å². The van der Waals surface area contributed by atoms with Gasteiger partial charge in [0.25, 0.3) is 5.91 Å². The van der Waals surface area contributed by atoms with Gasteiger partial charge in [-0.1, -0.05) is 11.6 Å². The molecule has 0 spiro atoms. The zero-order chi connectivity index (χ0) is 12.4. The summed E-state index contributed by atoms with van der Waals surface area (Å²) in [6.45, 7) is 0.578. The van der Waals surface area contributed by atoms with E-state index in [9.17, 15) is 9.59 Å². The maximum absolute atomic E-state index is 11.3. The van der Waals surface area contributed by atoms with Crippen LogP contribution in [-0.4, -0.2) is 29.6 Å². The number of amides is 1. The molecule has 1 fully saturated rings. The normalized spacial score (nSPS) is 18.9. The lowest BCUT2D eigenvalue weighted by Crippen LogP contribution is -2.27. The Labute approximate surface area is 102 Å². The molecule has 6 heteroatoms. The maximum atomic E-state index is 11.3. The van der Waals surface area contributed by atoms with Gasteiger partial charge in [0.05, 0.1) is 10.6 Å². The predicted octanol–water partition coefficient (Wildman–Crippen LogP) is 1.31. The number of aromatic carboxylic acids is 1. The molecule has 0 aromatic heterocycles. The number of hydrogen-bond acceptors (Lipinski definition) is 3. The van der Waals surface area contributed by atoms with Gasteiger partial charge in [-0.25, -0.2) is 4.79 Å². The molecule has 1 atom stereocenters. The number of ether oxygens (including phenoxy) is 1. The molecule has 1 saturated heterocycles. The van der Waals surface area contributed by atoms with E-state index in [1.165, 1.54) is 18.2 Å². The first-order valence-electron chi connectivity index (χ1n) is 5.05. The van der Waals surface area contributed by atoms with Crippen LogP contribution in [0.5, 0.6) is 5.75 Å². The number of carboxylic acid groups (broad SMARTS) is 1. The SMILES string of the molecule is O=C(O)c1ccc(OC2CCNC2=O)c(Cl)c1. The van der Waals surface area contributed by atoms with Crippen molar-refractivity contribution < 1.29 is 19.4 Å². The average molecular weight is 256 g/mol. The summed E-state index contributed by atoms with van der Waals surface area (Å²) in [5.41, 5.74) is 0.0817.